The summed E-state index contributed by atoms with van der Waals surface area (Å²) in [6.07, 6.45) is 5.40. The van der Waals surface area contributed by atoms with Crippen LogP contribution in [0, 0.1) is 17.8 Å². The first-order valence-corrected chi connectivity index (χ1v) is 11.4. The largest absolute Gasteiger partial charge is 0.541 e. The van der Waals surface area contributed by atoms with Crippen molar-refractivity contribution in [3.05, 3.63) is 53.4 Å². The number of amides is 1. The van der Waals surface area contributed by atoms with Crippen LogP contribution in [0.25, 0.3) is 0 Å². The van der Waals surface area contributed by atoms with Gasteiger partial charge >= 0.3 is 0 Å². The van der Waals surface area contributed by atoms with E-state index in [0.29, 0.717) is 30.4 Å². The fourth-order valence-corrected chi connectivity index (χ4v) is 5.07. The molecule has 0 radical (unpaired) electrons. The normalized spacial score (nSPS) is 22.4. The van der Waals surface area contributed by atoms with Crippen LogP contribution >= 0.6 is 0 Å². The van der Waals surface area contributed by atoms with E-state index in [1.165, 1.54) is 11.6 Å². The number of rotatable bonds is 7. The summed E-state index contributed by atoms with van der Waals surface area (Å²) in [5, 5.41) is 17.1. The fourth-order valence-electron chi connectivity index (χ4n) is 5.07. The van der Waals surface area contributed by atoms with Crippen LogP contribution in [0.2, 0.25) is 0 Å². The molecular weight excluding hydrogens is 394 g/mol. The number of carbonyl (C=O) groups excluding carboxylic acids is 2. The summed E-state index contributed by atoms with van der Waals surface area (Å²) in [6, 6.07) is 12.0. The average Bonchev–Trinajstić information content (AvgIpc) is 3.25. The summed E-state index contributed by atoms with van der Waals surface area (Å²) in [7, 11) is 0. The van der Waals surface area contributed by atoms with Crippen LogP contribution in [0.1, 0.15) is 47.5 Å². The van der Waals surface area contributed by atoms with Crippen molar-refractivity contribution in [3.8, 4) is 0 Å². The Labute approximate surface area is 182 Å². The van der Waals surface area contributed by atoms with Crippen LogP contribution in [-0.2, 0) is 17.6 Å². The van der Waals surface area contributed by atoms with Crippen molar-refractivity contribution < 1.29 is 24.5 Å². The van der Waals surface area contributed by atoms with Crippen LogP contribution in [-0.4, -0.2) is 48.1 Å². The third kappa shape index (κ3) is 5.73. The van der Waals surface area contributed by atoms with Gasteiger partial charge in [0.25, 0.3) is 0 Å². The molecule has 2 fully saturated rings. The van der Waals surface area contributed by atoms with Gasteiger partial charge in [-0.15, -0.1) is 0 Å². The molecule has 0 aliphatic carbocycles. The monoisotopic (exact) mass is 425 g/mol. The van der Waals surface area contributed by atoms with Gasteiger partial charge in [0.05, 0.1) is 18.8 Å². The number of benzene rings is 1. The number of aromatic nitrogens is 1. The molecular formula is C24H31N3O4. The highest BCUT2D eigenvalue weighted by Gasteiger charge is 2.32. The number of hydrogen-bond acceptors (Lipinski definition) is 5. The molecule has 166 valence electrons. The molecule has 0 bridgehead atoms. The van der Waals surface area contributed by atoms with Crippen molar-refractivity contribution in [2.75, 3.05) is 26.2 Å². The van der Waals surface area contributed by atoms with Crippen LogP contribution in [0.15, 0.2) is 40.9 Å². The molecule has 2 saturated heterocycles. The molecule has 0 saturated carbocycles. The molecule has 1 aromatic heterocycles. The minimum absolute atomic E-state index is 0.235. The number of likely N-dealkylation sites (tertiary alicyclic amines) is 1. The van der Waals surface area contributed by atoms with Gasteiger partial charge in [0.2, 0.25) is 5.91 Å². The van der Waals surface area contributed by atoms with E-state index in [4.69, 9.17) is 4.52 Å². The highest BCUT2D eigenvalue weighted by atomic mass is 16.5. The molecule has 1 amide bonds. The Kier molecular flexibility index (Phi) is 7.02. The van der Waals surface area contributed by atoms with Gasteiger partial charge in [-0.2, -0.15) is 0 Å². The summed E-state index contributed by atoms with van der Waals surface area (Å²) < 4.78 is 4.83. The molecule has 31 heavy (non-hydrogen) atoms. The maximum absolute atomic E-state index is 13.0. The quantitative estimate of drug-likeness (QED) is 0.702. The van der Waals surface area contributed by atoms with Gasteiger partial charge in [0.15, 0.2) is 5.76 Å². The van der Waals surface area contributed by atoms with Crippen molar-refractivity contribution in [1.29, 1.82) is 0 Å². The molecule has 2 aliphatic rings. The first-order chi connectivity index (χ1) is 15.1. The Morgan fingerprint density at radius 1 is 1.10 bits per heavy atom. The summed E-state index contributed by atoms with van der Waals surface area (Å²) in [5.74, 6) is -0.105. The van der Waals surface area contributed by atoms with E-state index < -0.39 is 5.97 Å². The maximum Gasteiger partial charge on any atom is 0.222 e. The van der Waals surface area contributed by atoms with E-state index in [9.17, 15) is 14.7 Å². The number of hydrogen-bond donors (Lipinski definition) is 1. The van der Waals surface area contributed by atoms with E-state index in [1.807, 2.05) is 11.0 Å². The minimum atomic E-state index is -1.35. The third-order valence-electron chi connectivity index (χ3n) is 6.88. The number of carboxylic acid groups (broad SMARTS) is 1. The molecule has 7 nitrogen and oxygen atoms in total. The molecule has 3 heterocycles. The van der Waals surface area contributed by atoms with Gasteiger partial charge < -0.3 is 24.6 Å². The lowest BCUT2D eigenvalue weighted by Gasteiger charge is -2.35. The minimum Gasteiger partial charge on any atom is -0.541 e. The smallest absolute Gasteiger partial charge is 0.222 e. The lowest BCUT2D eigenvalue weighted by molar-refractivity contribution is -0.672. The van der Waals surface area contributed by atoms with Crippen molar-refractivity contribution >= 4 is 11.9 Å². The van der Waals surface area contributed by atoms with Gasteiger partial charge in [-0.3, -0.25) is 4.79 Å². The van der Waals surface area contributed by atoms with Crippen LogP contribution < -0.4 is 10.4 Å². The van der Waals surface area contributed by atoms with E-state index in [-0.39, 0.29) is 17.6 Å². The van der Waals surface area contributed by atoms with Crippen molar-refractivity contribution in [2.24, 2.45) is 17.8 Å². The van der Waals surface area contributed by atoms with Gasteiger partial charge in [-0.1, -0.05) is 35.5 Å². The summed E-state index contributed by atoms with van der Waals surface area (Å²) in [5.41, 5.74) is 2.00. The van der Waals surface area contributed by atoms with Crippen LogP contribution in [0.3, 0.4) is 0 Å². The Morgan fingerprint density at radius 3 is 2.58 bits per heavy atom. The summed E-state index contributed by atoms with van der Waals surface area (Å²) >= 11 is 0. The molecule has 1 aromatic carbocycles. The zero-order valence-corrected chi connectivity index (χ0v) is 17.9. The standard InChI is InChI=1S/C24H31N3O4/c28-23(27-10-7-18(8-11-27)12-17-4-2-1-3-5-17)14-19-6-9-25-16-20(19)13-21-15-22(24(29)30)31-26-21/h1-5,15,18-20,25H,6-14,16H2,(H,29,30)/t19-,20-/m0/s1. The Morgan fingerprint density at radius 2 is 1.87 bits per heavy atom. The molecule has 2 atom stereocenters. The average molecular weight is 426 g/mol. The number of quaternary nitrogens is 1. The molecule has 2 aliphatic heterocycles. The number of aromatic carboxylic acids is 1. The fraction of sp³-hybridized carbons (Fsp3) is 0.542. The molecule has 0 unspecified atom stereocenters. The predicted octanol–water partition coefficient (Wildman–Crippen LogP) is 0.652. The Hall–Kier alpha value is -2.67. The lowest BCUT2D eigenvalue weighted by atomic mass is 9.80. The summed E-state index contributed by atoms with van der Waals surface area (Å²) in [6.45, 7) is 3.64. The van der Waals surface area contributed by atoms with Crippen molar-refractivity contribution in [2.45, 2.75) is 38.5 Å². The zero-order valence-electron chi connectivity index (χ0n) is 17.9. The van der Waals surface area contributed by atoms with Gasteiger partial charge in [-0.05, 0) is 36.7 Å². The number of carbonyl (C=O) groups is 2. The van der Waals surface area contributed by atoms with Crippen molar-refractivity contribution in [1.82, 2.24) is 10.1 Å². The van der Waals surface area contributed by atoms with E-state index >= 15 is 0 Å². The van der Waals surface area contributed by atoms with Gasteiger partial charge in [0, 0.05) is 44.3 Å². The second kappa shape index (κ2) is 10.1. The molecule has 2 N–H and O–H groups in total. The third-order valence-corrected chi connectivity index (χ3v) is 6.88. The first-order valence-electron chi connectivity index (χ1n) is 11.4. The zero-order chi connectivity index (χ0) is 21.6. The maximum atomic E-state index is 13.0. The molecule has 7 heteroatoms. The Balaban J connectivity index is 1.28. The second-order valence-corrected chi connectivity index (χ2v) is 9.01. The number of nitrogens with two attached hydrogens (primary N) is 1. The van der Waals surface area contributed by atoms with Crippen LogP contribution in [0.5, 0.6) is 0 Å². The summed E-state index contributed by atoms with van der Waals surface area (Å²) in [4.78, 5) is 26.0. The SMILES string of the molecule is O=C([O-])c1cc(C[C@H]2C[NH2+]CC[C@H]2CC(=O)N2CCC(Cc3ccccc3)CC2)no1. The van der Waals surface area contributed by atoms with Gasteiger partial charge in [0.1, 0.15) is 5.97 Å². The number of nitrogens with zero attached hydrogens (tertiary/aromatic N) is 2. The number of carboxylic acids is 1. The number of piperidine rings is 2. The predicted molar refractivity (Wildman–Crippen MR) is 112 cm³/mol. The lowest BCUT2D eigenvalue weighted by Crippen LogP contribution is -2.88. The van der Waals surface area contributed by atoms with Crippen molar-refractivity contribution in [3.63, 3.8) is 0 Å². The van der Waals surface area contributed by atoms with E-state index in [1.54, 1.807) is 0 Å². The topological polar surface area (TPSA) is 103 Å². The second-order valence-electron chi connectivity index (χ2n) is 9.01. The molecule has 4 rings (SSSR count). The molecule has 0 spiro atoms. The van der Waals surface area contributed by atoms with Crippen LogP contribution in [0.4, 0.5) is 0 Å². The first kappa shape index (κ1) is 21.6. The van der Waals surface area contributed by atoms with E-state index in [2.05, 4.69) is 34.7 Å². The highest BCUT2D eigenvalue weighted by molar-refractivity contribution is 5.82. The molecule has 2 aromatic rings. The Bertz CT molecular complexity index is 874. The van der Waals surface area contributed by atoms with Gasteiger partial charge in [-0.25, -0.2) is 0 Å². The van der Waals surface area contributed by atoms with E-state index in [0.717, 1.165) is 51.9 Å². The highest BCUT2D eigenvalue weighted by Crippen LogP contribution is 2.27.